The molecule has 3 amide bonds. The third kappa shape index (κ3) is 3.85. The van der Waals surface area contributed by atoms with Gasteiger partial charge in [-0.25, -0.2) is 4.79 Å². The molecule has 2 aromatic carbocycles. The van der Waals surface area contributed by atoms with E-state index in [4.69, 9.17) is 4.74 Å². The average Bonchev–Trinajstić information content (AvgIpc) is 3.11. The number of benzene rings is 2. The summed E-state index contributed by atoms with van der Waals surface area (Å²) < 4.78 is 9.49. The van der Waals surface area contributed by atoms with Gasteiger partial charge in [-0.1, -0.05) is 54.6 Å². The first-order valence-electron chi connectivity index (χ1n) is 10.6. The van der Waals surface area contributed by atoms with E-state index >= 15 is 0 Å². The van der Waals surface area contributed by atoms with Crippen molar-refractivity contribution in [2.24, 2.45) is 0 Å². The fourth-order valence-corrected chi connectivity index (χ4v) is 4.25. The van der Waals surface area contributed by atoms with E-state index in [1.807, 2.05) is 30.3 Å². The van der Waals surface area contributed by atoms with Crippen LogP contribution in [-0.4, -0.2) is 71.8 Å². The van der Waals surface area contributed by atoms with E-state index < -0.39 is 54.2 Å². The summed E-state index contributed by atoms with van der Waals surface area (Å²) in [5, 5.41) is 0. The maximum atomic E-state index is 13.3. The van der Waals surface area contributed by atoms with Crippen LogP contribution in [0, 0.1) is 0 Å². The number of esters is 2. The summed E-state index contributed by atoms with van der Waals surface area (Å²) in [6.07, 6.45) is 2.93. The molecule has 1 fully saturated rings. The number of likely N-dealkylation sites (tertiary alicyclic amines) is 1. The predicted octanol–water partition coefficient (Wildman–Crippen LogP) is 1.68. The van der Waals surface area contributed by atoms with Gasteiger partial charge < -0.3 is 14.4 Å². The molecule has 34 heavy (non-hydrogen) atoms. The standard InChI is InChI=1S/C25H22N2O7/c1-33-20(28)14-19(25(32)34-2)26-18(13-12-15-8-4-3-5-9-15)21(24(26)31)27-22(29)16-10-6-7-11-17(16)23(27)30/h3-13,18-19,21H,14H2,1-2H3/t18?,19-,21?/m0/s1. The maximum absolute atomic E-state index is 13.3. The van der Waals surface area contributed by atoms with Crippen LogP contribution in [0.4, 0.5) is 0 Å². The lowest BCUT2D eigenvalue weighted by molar-refractivity contribution is -0.170. The van der Waals surface area contributed by atoms with Crippen LogP contribution in [0.2, 0.25) is 0 Å². The minimum absolute atomic E-state index is 0.212. The van der Waals surface area contributed by atoms with Crippen LogP contribution >= 0.6 is 0 Å². The van der Waals surface area contributed by atoms with E-state index in [0.29, 0.717) is 0 Å². The van der Waals surface area contributed by atoms with Gasteiger partial charge in [-0.3, -0.25) is 24.1 Å². The van der Waals surface area contributed by atoms with Gasteiger partial charge in [0.1, 0.15) is 12.1 Å². The van der Waals surface area contributed by atoms with Gasteiger partial charge in [0.15, 0.2) is 0 Å². The van der Waals surface area contributed by atoms with Crippen molar-refractivity contribution < 1.29 is 33.4 Å². The monoisotopic (exact) mass is 462 g/mol. The molecule has 2 heterocycles. The minimum Gasteiger partial charge on any atom is -0.469 e. The molecule has 9 nitrogen and oxygen atoms in total. The number of rotatable bonds is 7. The van der Waals surface area contributed by atoms with E-state index in [2.05, 4.69) is 4.74 Å². The smallest absolute Gasteiger partial charge is 0.329 e. The number of β-lactam (4-membered cyclic amide) rings is 1. The number of fused-ring (bicyclic) bond motifs is 1. The summed E-state index contributed by atoms with van der Waals surface area (Å²) in [7, 11) is 2.32. The predicted molar refractivity (Wildman–Crippen MR) is 119 cm³/mol. The van der Waals surface area contributed by atoms with E-state index in [9.17, 15) is 24.0 Å². The Morgan fingerprint density at radius 1 is 0.912 bits per heavy atom. The molecule has 0 saturated carbocycles. The van der Waals surface area contributed by atoms with Gasteiger partial charge in [0.2, 0.25) is 5.91 Å². The lowest BCUT2D eigenvalue weighted by atomic mass is 9.89. The van der Waals surface area contributed by atoms with Gasteiger partial charge in [0.25, 0.3) is 11.8 Å². The van der Waals surface area contributed by atoms with Gasteiger partial charge >= 0.3 is 11.9 Å². The van der Waals surface area contributed by atoms with E-state index in [1.165, 1.54) is 19.2 Å². The summed E-state index contributed by atoms with van der Waals surface area (Å²) in [5.74, 6) is -3.33. The van der Waals surface area contributed by atoms with Crippen LogP contribution in [0.25, 0.3) is 6.08 Å². The minimum atomic E-state index is -1.28. The number of nitrogens with zero attached hydrogens (tertiary/aromatic N) is 2. The molecule has 4 rings (SSSR count). The van der Waals surface area contributed by atoms with Crippen molar-refractivity contribution in [3.05, 3.63) is 77.4 Å². The molecule has 0 aromatic heterocycles. The summed E-state index contributed by atoms with van der Waals surface area (Å²) >= 11 is 0. The molecule has 1 saturated heterocycles. The number of methoxy groups -OCH3 is 2. The highest BCUT2D eigenvalue weighted by Crippen LogP contribution is 2.36. The number of carbonyl (C=O) groups excluding carboxylic acids is 5. The molecule has 0 radical (unpaired) electrons. The van der Waals surface area contributed by atoms with Crippen molar-refractivity contribution in [2.45, 2.75) is 24.5 Å². The largest absolute Gasteiger partial charge is 0.469 e. The third-order valence-electron chi connectivity index (χ3n) is 5.94. The first-order valence-corrected chi connectivity index (χ1v) is 10.6. The van der Waals surface area contributed by atoms with Crippen molar-refractivity contribution in [1.29, 1.82) is 0 Å². The molecule has 3 atom stereocenters. The Kier molecular flexibility index (Phi) is 6.27. The molecule has 9 heteroatoms. The number of carbonyl (C=O) groups is 5. The summed E-state index contributed by atoms with van der Waals surface area (Å²) in [5.41, 5.74) is 1.23. The highest BCUT2D eigenvalue weighted by molar-refractivity contribution is 6.23. The first kappa shape index (κ1) is 22.9. The Balaban J connectivity index is 1.72. The highest BCUT2D eigenvalue weighted by Gasteiger charge is 2.58. The zero-order valence-corrected chi connectivity index (χ0v) is 18.5. The maximum Gasteiger partial charge on any atom is 0.329 e. The molecule has 0 spiro atoms. The molecule has 2 aliphatic heterocycles. The third-order valence-corrected chi connectivity index (χ3v) is 5.94. The van der Waals surface area contributed by atoms with Gasteiger partial charge in [0.05, 0.1) is 37.8 Å². The van der Waals surface area contributed by atoms with Crippen molar-refractivity contribution in [3.8, 4) is 0 Å². The van der Waals surface area contributed by atoms with Crippen molar-refractivity contribution in [3.63, 3.8) is 0 Å². The van der Waals surface area contributed by atoms with Gasteiger partial charge in [-0.2, -0.15) is 0 Å². The van der Waals surface area contributed by atoms with Crippen LogP contribution < -0.4 is 0 Å². The van der Waals surface area contributed by atoms with Crippen LogP contribution in [0.15, 0.2) is 60.7 Å². The fraction of sp³-hybridized carbons (Fsp3) is 0.240. The zero-order valence-electron chi connectivity index (χ0n) is 18.5. The number of ether oxygens (including phenoxy) is 2. The Morgan fingerprint density at radius 2 is 1.50 bits per heavy atom. The number of hydrogen-bond donors (Lipinski definition) is 0. The summed E-state index contributed by atoms with van der Waals surface area (Å²) in [6, 6.07) is 12.2. The quantitative estimate of drug-likeness (QED) is 0.350. The lowest BCUT2D eigenvalue weighted by Crippen LogP contribution is -2.74. The molecule has 0 bridgehead atoms. The number of hydrogen-bond acceptors (Lipinski definition) is 7. The average molecular weight is 462 g/mol. The molecular weight excluding hydrogens is 440 g/mol. The fourth-order valence-electron chi connectivity index (χ4n) is 4.25. The van der Waals surface area contributed by atoms with E-state index in [1.54, 1.807) is 24.3 Å². The molecule has 2 aliphatic rings. The molecular formula is C25H22N2O7. The number of imide groups is 1. The van der Waals surface area contributed by atoms with Gasteiger partial charge in [-0.05, 0) is 17.7 Å². The number of amides is 3. The Morgan fingerprint density at radius 3 is 2.06 bits per heavy atom. The van der Waals surface area contributed by atoms with Crippen LogP contribution in [0.5, 0.6) is 0 Å². The molecule has 0 N–H and O–H groups in total. The molecule has 0 aliphatic carbocycles. The Labute approximate surface area is 195 Å². The SMILES string of the molecule is COC(=O)C[C@@H](C(=O)OC)N1C(=O)C(N2C(=O)c3ccccc3C2=O)C1C=Cc1ccccc1. The Bertz CT molecular complexity index is 1160. The summed E-state index contributed by atoms with van der Waals surface area (Å²) in [4.78, 5) is 66.0. The van der Waals surface area contributed by atoms with Crippen molar-refractivity contribution in [2.75, 3.05) is 14.2 Å². The van der Waals surface area contributed by atoms with Crippen molar-refractivity contribution in [1.82, 2.24) is 9.80 Å². The van der Waals surface area contributed by atoms with E-state index in [-0.39, 0.29) is 11.1 Å². The van der Waals surface area contributed by atoms with Gasteiger partial charge in [0, 0.05) is 0 Å². The highest BCUT2D eigenvalue weighted by atomic mass is 16.5. The molecule has 2 unspecified atom stereocenters. The van der Waals surface area contributed by atoms with Crippen LogP contribution in [0.1, 0.15) is 32.7 Å². The lowest BCUT2D eigenvalue weighted by Gasteiger charge is -2.50. The summed E-state index contributed by atoms with van der Waals surface area (Å²) in [6.45, 7) is 0. The zero-order chi connectivity index (χ0) is 24.4. The van der Waals surface area contributed by atoms with Crippen molar-refractivity contribution >= 4 is 35.7 Å². The molecule has 174 valence electrons. The van der Waals surface area contributed by atoms with Crippen LogP contribution in [-0.2, 0) is 23.9 Å². The molecule has 2 aromatic rings. The second kappa shape index (κ2) is 9.30. The van der Waals surface area contributed by atoms with Gasteiger partial charge in [-0.15, -0.1) is 0 Å². The second-order valence-electron chi connectivity index (χ2n) is 7.80. The van der Waals surface area contributed by atoms with Crippen LogP contribution in [0.3, 0.4) is 0 Å². The topological polar surface area (TPSA) is 110 Å². The normalized spacial score (nSPS) is 20.2. The Hall–Kier alpha value is -4.27. The van der Waals surface area contributed by atoms with E-state index in [0.717, 1.165) is 22.5 Å². The second-order valence-corrected chi connectivity index (χ2v) is 7.80. The first-order chi connectivity index (χ1) is 16.4.